The number of carbonyl (C=O) groups excluding carboxylic acids is 1. The molecule has 0 aliphatic heterocycles. The lowest BCUT2D eigenvalue weighted by atomic mass is 10.0. The SMILES string of the molecule is Cc1ncnc(C)c1-c1ccc(C[n+]2cc(NC(=O)Nc3ccnc(C(F)(F)F)c3)on2)cc1. The number of hydrogen-bond donors (Lipinski definition) is 2. The van der Waals surface area contributed by atoms with Gasteiger partial charge in [0.2, 0.25) is 11.8 Å². The van der Waals surface area contributed by atoms with Crippen LogP contribution in [-0.2, 0) is 12.7 Å². The molecule has 0 atom stereocenters. The fraction of sp³-hybridized carbons (Fsp3) is 0.182. The summed E-state index contributed by atoms with van der Waals surface area (Å²) in [7, 11) is 0. The summed E-state index contributed by atoms with van der Waals surface area (Å²) in [4.78, 5) is 23.8. The summed E-state index contributed by atoms with van der Waals surface area (Å²) in [6, 6.07) is 8.98. The van der Waals surface area contributed by atoms with Crippen LogP contribution in [0.4, 0.5) is 29.5 Å². The maximum Gasteiger partial charge on any atom is 0.433 e. The van der Waals surface area contributed by atoms with Gasteiger partial charge in [-0.1, -0.05) is 24.3 Å². The van der Waals surface area contributed by atoms with E-state index in [1.807, 2.05) is 38.1 Å². The Kier molecular flexibility index (Phi) is 6.21. The monoisotopic (exact) mass is 470 g/mol. The number of aryl methyl sites for hydroxylation is 2. The maximum absolute atomic E-state index is 12.8. The fourth-order valence-electron chi connectivity index (χ4n) is 3.32. The van der Waals surface area contributed by atoms with Crippen molar-refractivity contribution in [1.29, 1.82) is 0 Å². The average Bonchev–Trinajstić information content (AvgIpc) is 3.21. The molecule has 2 amide bonds. The third-order valence-electron chi connectivity index (χ3n) is 4.87. The number of rotatable bonds is 5. The Morgan fingerprint density at radius 2 is 1.74 bits per heavy atom. The van der Waals surface area contributed by atoms with E-state index in [9.17, 15) is 18.0 Å². The van der Waals surface area contributed by atoms with E-state index >= 15 is 0 Å². The predicted octanol–water partition coefficient (Wildman–Crippen LogP) is 4.14. The Bertz CT molecular complexity index is 1300. The molecular weight excluding hydrogens is 451 g/mol. The number of benzene rings is 1. The van der Waals surface area contributed by atoms with Gasteiger partial charge in [-0.25, -0.2) is 14.8 Å². The van der Waals surface area contributed by atoms with Crippen LogP contribution in [-0.4, -0.2) is 26.3 Å². The molecule has 0 unspecified atom stereocenters. The summed E-state index contributed by atoms with van der Waals surface area (Å²) >= 11 is 0. The number of carbonyl (C=O) groups is 1. The van der Waals surface area contributed by atoms with E-state index in [4.69, 9.17) is 4.52 Å². The molecule has 12 heteroatoms. The van der Waals surface area contributed by atoms with Gasteiger partial charge in [0, 0.05) is 34.4 Å². The summed E-state index contributed by atoms with van der Waals surface area (Å²) in [5.74, 6) is 0.0203. The van der Waals surface area contributed by atoms with Crippen molar-refractivity contribution >= 4 is 17.6 Å². The quantitative estimate of drug-likeness (QED) is 0.424. The first-order chi connectivity index (χ1) is 16.2. The van der Waals surface area contributed by atoms with E-state index in [1.165, 1.54) is 23.3 Å². The third kappa shape index (κ3) is 5.34. The number of aromatic nitrogens is 5. The lowest BCUT2D eigenvalue weighted by Gasteiger charge is -2.08. The number of alkyl halides is 3. The lowest BCUT2D eigenvalue weighted by molar-refractivity contribution is -0.754. The molecule has 0 spiro atoms. The smallest absolute Gasteiger partial charge is 0.308 e. The molecule has 3 aromatic heterocycles. The van der Waals surface area contributed by atoms with Gasteiger partial charge in [0.15, 0.2) is 0 Å². The van der Waals surface area contributed by atoms with Crippen LogP contribution in [0.1, 0.15) is 22.6 Å². The second-order valence-electron chi connectivity index (χ2n) is 7.39. The van der Waals surface area contributed by atoms with Crippen molar-refractivity contribution in [3.63, 3.8) is 0 Å². The zero-order chi connectivity index (χ0) is 24.3. The molecule has 0 radical (unpaired) electrons. The second-order valence-corrected chi connectivity index (χ2v) is 7.39. The Balaban J connectivity index is 1.38. The van der Waals surface area contributed by atoms with Crippen LogP contribution < -0.4 is 15.3 Å². The Morgan fingerprint density at radius 1 is 1.03 bits per heavy atom. The molecule has 4 rings (SSSR count). The van der Waals surface area contributed by atoms with E-state index < -0.39 is 17.9 Å². The van der Waals surface area contributed by atoms with Crippen LogP contribution in [0.25, 0.3) is 11.1 Å². The van der Waals surface area contributed by atoms with Crippen molar-refractivity contribution in [2.75, 3.05) is 10.6 Å². The Morgan fingerprint density at radius 3 is 2.41 bits per heavy atom. The molecule has 174 valence electrons. The van der Waals surface area contributed by atoms with Crippen LogP contribution >= 0.6 is 0 Å². The van der Waals surface area contributed by atoms with E-state index in [-0.39, 0.29) is 11.6 Å². The van der Waals surface area contributed by atoms with E-state index in [2.05, 4.69) is 30.9 Å². The molecule has 34 heavy (non-hydrogen) atoms. The van der Waals surface area contributed by atoms with Crippen LogP contribution in [0.3, 0.4) is 0 Å². The number of urea groups is 1. The number of nitrogens with one attached hydrogen (secondary N) is 2. The summed E-state index contributed by atoms with van der Waals surface area (Å²) in [6.07, 6.45) is -0.665. The number of nitrogens with zero attached hydrogens (tertiary/aromatic N) is 5. The molecule has 1 aromatic carbocycles. The zero-order valence-electron chi connectivity index (χ0n) is 18.1. The van der Waals surface area contributed by atoms with Crippen LogP contribution in [0.15, 0.2) is 59.6 Å². The van der Waals surface area contributed by atoms with Crippen molar-refractivity contribution in [2.45, 2.75) is 26.6 Å². The third-order valence-corrected chi connectivity index (χ3v) is 4.87. The molecule has 0 fully saturated rings. The minimum absolute atomic E-state index is 0.0203. The summed E-state index contributed by atoms with van der Waals surface area (Å²) in [6.45, 7) is 4.23. The zero-order valence-corrected chi connectivity index (χ0v) is 18.1. The number of halogens is 3. The fourth-order valence-corrected chi connectivity index (χ4v) is 3.32. The standard InChI is InChI=1S/C22H18F3N7O2/c1-13-20(14(2)28-12-27-13)16-5-3-15(4-6-16)10-32-11-19(34-31-32)30-21(33)29-17-7-8-26-18(9-17)22(23,24)25/h3-9,11-12H,10H2,1-2H3,(H-,26,29,30,31,33)/p+1. The van der Waals surface area contributed by atoms with Crippen molar-refractivity contribution in [3.05, 3.63) is 77.8 Å². The van der Waals surface area contributed by atoms with Gasteiger partial charge < -0.3 is 5.32 Å². The largest absolute Gasteiger partial charge is 0.433 e. The predicted molar refractivity (Wildman–Crippen MR) is 115 cm³/mol. The molecule has 4 aromatic rings. The van der Waals surface area contributed by atoms with Crippen molar-refractivity contribution in [2.24, 2.45) is 0 Å². The first kappa shape index (κ1) is 22.8. The second kappa shape index (κ2) is 9.25. The van der Waals surface area contributed by atoms with Crippen molar-refractivity contribution < 1.29 is 27.2 Å². The Labute approximate surface area is 191 Å². The van der Waals surface area contributed by atoms with Crippen LogP contribution in [0.2, 0.25) is 0 Å². The van der Waals surface area contributed by atoms with Gasteiger partial charge in [-0.2, -0.15) is 13.2 Å². The number of amides is 2. The van der Waals surface area contributed by atoms with Gasteiger partial charge in [0.25, 0.3) is 6.20 Å². The van der Waals surface area contributed by atoms with Crippen LogP contribution in [0, 0.1) is 13.8 Å². The summed E-state index contributed by atoms with van der Waals surface area (Å²) in [5, 5.41) is 8.52. The topological polar surface area (TPSA) is 110 Å². The maximum atomic E-state index is 12.8. The molecule has 9 nitrogen and oxygen atoms in total. The van der Waals surface area contributed by atoms with Gasteiger partial charge in [-0.05, 0) is 36.2 Å². The number of anilines is 2. The highest BCUT2D eigenvalue weighted by atomic mass is 19.4. The molecule has 0 saturated heterocycles. The molecule has 0 bridgehead atoms. The summed E-state index contributed by atoms with van der Waals surface area (Å²) in [5.41, 5.74) is 3.51. The average molecular weight is 470 g/mol. The minimum Gasteiger partial charge on any atom is -0.308 e. The highest BCUT2D eigenvalue weighted by Gasteiger charge is 2.32. The highest BCUT2D eigenvalue weighted by molar-refractivity contribution is 5.98. The van der Waals surface area contributed by atoms with E-state index in [0.29, 0.717) is 6.54 Å². The summed E-state index contributed by atoms with van der Waals surface area (Å²) < 4.78 is 44.8. The molecule has 0 saturated carbocycles. The van der Waals surface area contributed by atoms with Gasteiger partial charge in [-0.3, -0.25) is 14.8 Å². The van der Waals surface area contributed by atoms with E-state index in [0.717, 1.165) is 40.3 Å². The lowest BCUT2D eigenvalue weighted by Crippen LogP contribution is -2.35. The van der Waals surface area contributed by atoms with E-state index in [1.54, 1.807) is 0 Å². The van der Waals surface area contributed by atoms with Gasteiger partial charge in [0.1, 0.15) is 12.0 Å². The highest BCUT2D eigenvalue weighted by Crippen LogP contribution is 2.29. The molecule has 3 heterocycles. The molecular formula is C22H19F3N7O2+. The molecule has 0 aliphatic carbocycles. The van der Waals surface area contributed by atoms with Crippen molar-refractivity contribution in [1.82, 2.24) is 20.2 Å². The minimum atomic E-state index is -4.62. The van der Waals surface area contributed by atoms with Gasteiger partial charge in [0.05, 0.1) is 0 Å². The van der Waals surface area contributed by atoms with Crippen LogP contribution in [0.5, 0.6) is 0 Å². The molecule has 0 aliphatic rings. The van der Waals surface area contributed by atoms with Gasteiger partial charge in [-0.15, -0.1) is 0 Å². The Hall–Kier alpha value is -4.35. The normalized spacial score (nSPS) is 11.3. The van der Waals surface area contributed by atoms with Gasteiger partial charge >= 0.3 is 18.1 Å². The first-order valence-electron chi connectivity index (χ1n) is 10.0. The first-order valence-corrected chi connectivity index (χ1v) is 10.0. The number of pyridine rings is 1. The molecule has 2 N–H and O–H groups in total. The number of hydrogen-bond acceptors (Lipinski definition) is 6. The van der Waals surface area contributed by atoms with Crippen molar-refractivity contribution in [3.8, 4) is 11.1 Å².